The number of fused-ring (bicyclic) bond motifs is 3. The molecule has 2 aromatic carbocycles. The zero-order valence-corrected chi connectivity index (χ0v) is 14.2. The van der Waals surface area contributed by atoms with Gasteiger partial charge in [0, 0.05) is 29.3 Å². The standard InChI is InChI=1S/C21H22N2O2/c24-20(16-4-2-1-3-5-16)17-6-8-18(9-7-17)21(25)22-19-14-23-12-10-15(19)11-13-23/h1-9,15,19H,10-14H2,(H,22,25)/t19-/m0/s1. The minimum Gasteiger partial charge on any atom is -0.348 e. The van der Waals surface area contributed by atoms with Crippen molar-refractivity contribution >= 4 is 11.7 Å². The van der Waals surface area contributed by atoms with Gasteiger partial charge in [-0.05, 0) is 44.0 Å². The summed E-state index contributed by atoms with van der Waals surface area (Å²) in [5, 5.41) is 3.18. The van der Waals surface area contributed by atoms with Crippen LogP contribution in [0.2, 0.25) is 0 Å². The van der Waals surface area contributed by atoms with Gasteiger partial charge in [-0.2, -0.15) is 0 Å². The number of carbonyl (C=O) groups excluding carboxylic acids is 2. The molecule has 3 heterocycles. The smallest absolute Gasteiger partial charge is 0.251 e. The average molecular weight is 334 g/mol. The second-order valence-corrected chi connectivity index (χ2v) is 6.99. The van der Waals surface area contributed by atoms with E-state index in [0.29, 0.717) is 22.6 Å². The molecule has 0 aromatic heterocycles. The van der Waals surface area contributed by atoms with Gasteiger partial charge in [0.1, 0.15) is 0 Å². The zero-order valence-electron chi connectivity index (χ0n) is 14.2. The highest BCUT2D eigenvalue weighted by Gasteiger charge is 2.34. The molecule has 1 amide bonds. The Morgan fingerprint density at radius 3 is 2.04 bits per heavy atom. The lowest BCUT2D eigenvalue weighted by atomic mass is 9.84. The maximum atomic E-state index is 12.5. The lowest BCUT2D eigenvalue weighted by Crippen LogP contribution is -2.57. The molecular weight excluding hydrogens is 312 g/mol. The van der Waals surface area contributed by atoms with Crippen molar-refractivity contribution in [2.75, 3.05) is 19.6 Å². The van der Waals surface area contributed by atoms with Crippen LogP contribution in [0.3, 0.4) is 0 Å². The lowest BCUT2D eigenvalue weighted by Gasteiger charge is -2.44. The minimum absolute atomic E-state index is 0.0232. The van der Waals surface area contributed by atoms with Crippen LogP contribution in [0.25, 0.3) is 0 Å². The number of hydrogen-bond donors (Lipinski definition) is 1. The first-order valence-corrected chi connectivity index (χ1v) is 8.94. The Bertz CT molecular complexity index is 762. The molecule has 5 rings (SSSR count). The molecule has 1 atom stereocenters. The van der Waals surface area contributed by atoms with E-state index < -0.39 is 0 Å². The van der Waals surface area contributed by atoms with Gasteiger partial charge in [0.2, 0.25) is 0 Å². The van der Waals surface area contributed by atoms with Crippen molar-refractivity contribution in [3.05, 3.63) is 71.3 Å². The van der Waals surface area contributed by atoms with Crippen molar-refractivity contribution in [1.82, 2.24) is 10.2 Å². The molecule has 1 N–H and O–H groups in total. The quantitative estimate of drug-likeness (QED) is 0.875. The number of amides is 1. The Balaban J connectivity index is 1.43. The van der Waals surface area contributed by atoms with Crippen molar-refractivity contribution in [2.45, 2.75) is 18.9 Å². The predicted molar refractivity (Wildman–Crippen MR) is 96.7 cm³/mol. The van der Waals surface area contributed by atoms with Crippen molar-refractivity contribution in [2.24, 2.45) is 5.92 Å². The first-order valence-electron chi connectivity index (χ1n) is 8.94. The molecule has 4 heteroatoms. The normalized spacial score (nSPS) is 24.7. The summed E-state index contributed by atoms with van der Waals surface area (Å²) in [4.78, 5) is 27.4. The highest BCUT2D eigenvalue weighted by molar-refractivity contribution is 6.09. The van der Waals surface area contributed by atoms with E-state index in [4.69, 9.17) is 0 Å². The maximum absolute atomic E-state index is 12.5. The van der Waals surface area contributed by atoms with Gasteiger partial charge in [-0.25, -0.2) is 0 Å². The van der Waals surface area contributed by atoms with Gasteiger partial charge in [-0.3, -0.25) is 9.59 Å². The third-order valence-corrected chi connectivity index (χ3v) is 5.42. The Morgan fingerprint density at radius 2 is 1.44 bits per heavy atom. The van der Waals surface area contributed by atoms with Crippen LogP contribution >= 0.6 is 0 Å². The van der Waals surface area contributed by atoms with E-state index >= 15 is 0 Å². The fraction of sp³-hybridized carbons (Fsp3) is 0.333. The Kier molecular flexibility index (Phi) is 4.36. The summed E-state index contributed by atoms with van der Waals surface area (Å²) in [6.45, 7) is 3.28. The van der Waals surface area contributed by atoms with Crippen LogP contribution < -0.4 is 5.32 Å². The molecule has 3 saturated heterocycles. The molecule has 3 fully saturated rings. The van der Waals surface area contributed by atoms with Crippen LogP contribution in [0.15, 0.2) is 54.6 Å². The summed E-state index contributed by atoms with van der Waals surface area (Å²) >= 11 is 0. The van der Waals surface area contributed by atoms with Gasteiger partial charge < -0.3 is 10.2 Å². The summed E-state index contributed by atoms with van der Waals surface area (Å²) in [5.41, 5.74) is 1.87. The largest absolute Gasteiger partial charge is 0.348 e. The monoisotopic (exact) mass is 334 g/mol. The summed E-state index contributed by atoms with van der Waals surface area (Å²) in [6.07, 6.45) is 2.35. The van der Waals surface area contributed by atoms with E-state index in [1.54, 1.807) is 36.4 Å². The van der Waals surface area contributed by atoms with Crippen LogP contribution in [0.1, 0.15) is 39.1 Å². The summed E-state index contributed by atoms with van der Waals surface area (Å²) in [5.74, 6) is 0.537. The van der Waals surface area contributed by atoms with Crippen LogP contribution in [0, 0.1) is 5.92 Å². The Morgan fingerprint density at radius 1 is 0.840 bits per heavy atom. The van der Waals surface area contributed by atoms with E-state index in [1.807, 2.05) is 18.2 Å². The molecule has 0 spiro atoms. The van der Waals surface area contributed by atoms with E-state index in [-0.39, 0.29) is 17.7 Å². The molecule has 4 nitrogen and oxygen atoms in total. The predicted octanol–water partition coefficient (Wildman–Crippen LogP) is 2.74. The molecule has 0 radical (unpaired) electrons. The molecule has 3 aliphatic heterocycles. The average Bonchev–Trinajstić information content (AvgIpc) is 2.69. The number of carbonyl (C=O) groups is 2. The topological polar surface area (TPSA) is 49.4 Å². The number of hydrogen-bond acceptors (Lipinski definition) is 3. The number of benzene rings is 2. The van der Waals surface area contributed by atoms with Gasteiger partial charge in [-0.1, -0.05) is 42.5 Å². The van der Waals surface area contributed by atoms with Gasteiger partial charge in [0.15, 0.2) is 5.78 Å². The highest BCUT2D eigenvalue weighted by Crippen LogP contribution is 2.27. The second-order valence-electron chi connectivity index (χ2n) is 6.99. The third kappa shape index (κ3) is 3.35. The molecule has 2 aromatic rings. The van der Waals surface area contributed by atoms with Crippen LogP contribution in [-0.2, 0) is 0 Å². The SMILES string of the molecule is O=C(N[C@H]1CN2CCC1CC2)c1ccc(C(=O)c2ccccc2)cc1. The molecular formula is C21H22N2O2. The van der Waals surface area contributed by atoms with E-state index in [9.17, 15) is 9.59 Å². The fourth-order valence-corrected chi connectivity index (χ4v) is 3.91. The van der Waals surface area contributed by atoms with Crippen molar-refractivity contribution < 1.29 is 9.59 Å². The van der Waals surface area contributed by atoms with Crippen molar-refractivity contribution in [1.29, 1.82) is 0 Å². The molecule has 128 valence electrons. The molecule has 2 bridgehead atoms. The van der Waals surface area contributed by atoms with Crippen molar-refractivity contribution in [3.8, 4) is 0 Å². The van der Waals surface area contributed by atoms with Crippen LogP contribution in [0.5, 0.6) is 0 Å². The second kappa shape index (κ2) is 6.81. The van der Waals surface area contributed by atoms with Gasteiger partial charge >= 0.3 is 0 Å². The highest BCUT2D eigenvalue weighted by atomic mass is 16.1. The van der Waals surface area contributed by atoms with E-state index in [2.05, 4.69) is 10.2 Å². The number of rotatable bonds is 4. The lowest BCUT2D eigenvalue weighted by molar-refractivity contribution is 0.0620. The first-order chi connectivity index (χ1) is 12.2. The number of piperidine rings is 3. The Hall–Kier alpha value is -2.46. The van der Waals surface area contributed by atoms with Gasteiger partial charge in [0.25, 0.3) is 5.91 Å². The molecule has 3 aliphatic rings. The molecule has 0 unspecified atom stereocenters. The zero-order chi connectivity index (χ0) is 17.2. The molecule has 25 heavy (non-hydrogen) atoms. The third-order valence-electron chi connectivity index (χ3n) is 5.42. The summed E-state index contributed by atoms with van der Waals surface area (Å²) in [7, 11) is 0. The van der Waals surface area contributed by atoms with Gasteiger partial charge in [0.05, 0.1) is 0 Å². The Labute approximate surface area is 147 Å². The minimum atomic E-state index is -0.0440. The number of nitrogens with zero attached hydrogens (tertiary/aromatic N) is 1. The van der Waals surface area contributed by atoms with Crippen LogP contribution in [-0.4, -0.2) is 42.3 Å². The fourth-order valence-electron chi connectivity index (χ4n) is 3.91. The number of ketones is 1. The maximum Gasteiger partial charge on any atom is 0.251 e. The van der Waals surface area contributed by atoms with Crippen LogP contribution in [0.4, 0.5) is 0 Å². The summed E-state index contributed by atoms with van der Waals surface area (Å²) < 4.78 is 0. The first kappa shape index (κ1) is 16.0. The van der Waals surface area contributed by atoms with Gasteiger partial charge in [-0.15, -0.1) is 0 Å². The van der Waals surface area contributed by atoms with E-state index in [0.717, 1.165) is 19.6 Å². The molecule has 0 aliphatic carbocycles. The summed E-state index contributed by atoms with van der Waals surface area (Å²) in [6, 6.07) is 16.4. The van der Waals surface area contributed by atoms with E-state index in [1.165, 1.54) is 12.8 Å². The molecule has 0 saturated carbocycles. The number of nitrogens with one attached hydrogen (secondary N) is 1. The van der Waals surface area contributed by atoms with Crippen molar-refractivity contribution in [3.63, 3.8) is 0 Å².